The highest BCUT2D eigenvalue weighted by Gasteiger charge is 2.16. The highest BCUT2D eigenvalue weighted by atomic mass is 79.9. The average molecular weight is 426 g/mol. The molecule has 138 valence electrons. The lowest BCUT2D eigenvalue weighted by atomic mass is 10.1. The highest BCUT2D eigenvalue weighted by Crippen LogP contribution is 2.26. The summed E-state index contributed by atoms with van der Waals surface area (Å²) in [5.74, 6) is -0.572. The van der Waals surface area contributed by atoms with Gasteiger partial charge in [0.25, 0.3) is 5.91 Å². The molecule has 0 spiro atoms. The topological polar surface area (TPSA) is 66.6 Å². The number of aryl methyl sites for hydroxylation is 1. The smallest absolute Gasteiger partial charge is 0.273 e. The summed E-state index contributed by atoms with van der Waals surface area (Å²) in [5, 5.41) is 14.1. The molecule has 1 aromatic heterocycles. The molecule has 1 amide bonds. The van der Waals surface area contributed by atoms with Crippen molar-refractivity contribution in [2.24, 2.45) is 5.10 Å². The molecule has 6 heteroatoms. The van der Waals surface area contributed by atoms with E-state index in [4.69, 9.17) is 0 Å². The Morgan fingerprint density at radius 2 is 1.81 bits per heavy atom. The van der Waals surface area contributed by atoms with E-state index < -0.39 is 12.0 Å². The lowest BCUT2D eigenvalue weighted by Crippen LogP contribution is -2.25. The standard InChI is InChI=1S/C21H20BrN3O2/c1-14-12-17(15(2)25(14)19-11-7-6-10-18(19)22)13-23-24-21(27)20(26)16-8-4-3-5-9-16/h3-13,20,26H,1-2H3,(H,24,27)/b23-13-/t20-/m0/s1. The first-order chi connectivity index (χ1) is 13.0. The Morgan fingerprint density at radius 1 is 1.15 bits per heavy atom. The molecular formula is C21H20BrN3O2. The number of hydrogen-bond acceptors (Lipinski definition) is 3. The normalized spacial score (nSPS) is 12.3. The van der Waals surface area contributed by atoms with E-state index in [1.54, 1.807) is 30.5 Å². The third-order valence-corrected chi connectivity index (χ3v) is 4.98. The minimum Gasteiger partial charge on any atom is -0.378 e. The molecule has 3 rings (SSSR count). The van der Waals surface area contributed by atoms with Gasteiger partial charge < -0.3 is 9.67 Å². The first-order valence-electron chi connectivity index (χ1n) is 8.49. The molecule has 5 nitrogen and oxygen atoms in total. The maximum absolute atomic E-state index is 12.1. The van der Waals surface area contributed by atoms with Gasteiger partial charge in [-0.3, -0.25) is 4.79 Å². The Kier molecular flexibility index (Phi) is 5.88. The van der Waals surface area contributed by atoms with Crippen LogP contribution in [0.15, 0.2) is 70.2 Å². The fourth-order valence-electron chi connectivity index (χ4n) is 2.94. The zero-order valence-corrected chi connectivity index (χ0v) is 16.6. The van der Waals surface area contributed by atoms with Crippen molar-refractivity contribution >= 4 is 28.1 Å². The molecule has 0 saturated carbocycles. The Labute approximate surface area is 166 Å². The lowest BCUT2D eigenvalue weighted by Gasteiger charge is -2.11. The van der Waals surface area contributed by atoms with Crippen LogP contribution in [0.4, 0.5) is 0 Å². The lowest BCUT2D eigenvalue weighted by molar-refractivity contribution is -0.129. The number of carbonyl (C=O) groups is 1. The number of amides is 1. The summed E-state index contributed by atoms with van der Waals surface area (Å²) < 4.78 is 3.11. The summed E-state index contributed by atoms with van der Waals surface area (Å²) in [6.45, 7) is 4.01. The Balaban J connectivity index is 1.76. The summed E-state index contributed by atoms with van der Waals surface area (Å²) in [6.07, 6.45) is 0.335. The molecule has 0 aliphatic heterocycles. The van der Waals surface area contributed by atoms with Crippen LogP contribution in [-0.4, -0.2) is 21.8 Å². The number of nitrogens with zero attached hydrogens (tertiary/aromatic N) is 2. The second-order valence-corrected chi connectivity index (χ2v) is 7.02. The van der Waals surface area contributed by atoms with E-state index in [0.717, 1.165) is 27.1 Å². The Morgan fingerprint density at radius 3 is 2.52 bits per heavy atom. The molecule has 0 bridgehead atoms. The molecule has 2 aromatic carbocycles. The van der Waals surface area contributed by atoms with Crippen LogP contribution in [0.5, 0.6) is 0 Å². The van der Waals surface area contributed by atoms with E-state index in [1.165, 1.54) is 0 Å². The van der Waals surface area contributed by atoms with Crippen molar-refractivity contribution in [3.05, 3.63) is 87.7 Å². The van der Waals surface area contributed by atoms with Crippen molar-refractivity contribution in [1.82, 2.24) is 9.99 Å². The van der Waals surface area contributed by atoms with Crippen molar-refractivity contribution in [3.63, 3.8) is 0 Å². The third kappa shape index (κ3) is 4.18. The number of para-hydroxylation sites is 1. The van der Waals surface area contributed by atoms with Crippen LogP contribution >= 0.6 is 15.9 Å². The van der Waals surface area contributed by atoms with Gasteiger partial charge in [0.15, 0.2) is 6.10 Å². The van der Waals surface area contributed by atoms with Gasteiger partial charge >= 0.3 is 0 Å². The van der Waals surface area contributed by atoms with Crippen LogP contribution < -0.4 is 5.43 Å². The average Bonchev–Trinajstić information content (AvgIpc) is 2.96. The zero-order valence-electron chi connectivity index (χ0n) is 15.1. The highest BCUT2D eigenvalue weighted by molar-refractivity contribution is 9.10. The number of benzene rings is 2. The SMILES string of the molecule is Cc1cc(/C=N\NC(=O)[C@@H](O)c2ccccc2)c(C)n1-c1ccccc1Br. The molecule has 0 aliphatic rings. The van der Waals surface area contributed by atoms with Crippen molar-refractivity contribution in [2.45, 2.75) is 20.0 Å². The number of aliphatic hydroxyl groups is 1. The molecule has 0 aliphatic carbocycles. The van der Waals surface area contributed by atoms with Gasteiger partial charge in [-0.2, -0.15) is 5.10 Å². The fourth-order valence-corrected chi connectivity index (χ4v) is 3.40. The van der Waals surface area contributed by atoms with Crippen LogP contribution in [0.2, 0.25) is 0 Å². The van der Waals surface area contributed by atoms with Crippen LogP contribution in [0, 0.1) is 13.8 Å². The molecule has 0 radical (unpaired) electrons. The molecule has 0 saturated heterocycles. The maximum atomic E-state index is 12.1. The number of hydrogen-bond donors (Lipinski definition) is 2. The number of halogens is 1. The van der Waals surface area contributed by atoms with Crippen molar-refractivity contribution in [1.29, 1.82) is 0 Å². The van der Waals surface area contributed by atoms with Crippen LogP contribution in [-0.2, 0) is 4.79 Å². The number of aromatic nitrogens is 1. The van der Waals surface area contributed by atoms with Gasteiger partial charge in [0, 0.05) is 21.4 Å². The van der Waals surface area contributed by atoms with E-state index in [9.17, 15) is 9.90 Å². The second kappa shape index (κ2) is 8.33. The molecule has 0 unspecified atom stereocenters. The van der Waals surface area contributed by atoms with Crippen molar-refractivity contribution in [2.75, 3.05) is 0 Å². The van der Waals surface area contributed by atoms with Gasteiger partial charge in [0.2, 0.25) is 0 Å². The fraction of sp³-hybridized carbons (Fsp3) is 0.143. The van der Waals surface area contributed by atoms with Crippen molar-refractivity contribution < 1.29 is 9.90 Å². The third-order valence-electron chi connectivity index (χ3n) is 4.31. The summed E-state index contributed by atoms with van der Waals surface area (Å²) in [5.41, 5.74) is 6.90. The predicted molar refractivity (Wildman–Crippen MR) is 110 cm³/mol. The maximum Gasteiger partial charge on any atom is 0.273 e. The molecule has 1 heterocycles. The summed E-state index contributed by atoms with van der Waals surface area (Å²) >= 11 is 3.58. The van der Waals surface area contributed by atoms with E-state index in [-0.39, 0.29) is 0 Å². The number of hydrazone groups is 1. The number of rotatable bonds is 5. The zero-order chi connectivity index (χ0) is 19.4. The van der Waals surface area contributed by atoms with Crippen LogP contribution in [0.25, 0.3) is 5.69 Å². The van der Waals surface area contributed by atoms with E-state index >= 15 is 0 Å². The first kappa shape index (κ1) is 19.1. The predicted octanol–water partition coefficient (Wildman–Crippen LogP) is 4.04. The number of nitrogens with one attached hydrogen (secondary N) is 1. The molecular weight excluding hydrogens is 406 g/mol. The van der Waals surface area contributed by atoms with E-state index in [2.05, 4.69) is 31.0 Å². The van der Waals surface area contributed by atoms with Gasteiger partial charge in [-0.15, -0.1) is 0 Å². The van der Waals surface area contributed by atoms with E-state index in [0.29, 0.717) is 5.56 Å². The second-order valence-electron chi connectivity index (χ2n) is 6.16. The van der Waals surface area contributed by atoms with Crippen LogP contribution in [0.1, 0.15) is 28.6 Å². The molecule has 27 heavy (non-hydrogen) atoms. The molecule has 1 atom stereocenters. The molecule has 3 aromatic rings. The first-order valence-corrected chi connectivity index (χ1v) is 9.28. The number of aliphatic hydroxyl groups excluding tert-OH is 1. The van der Waals surface area contributed by atoms with Gasteiger partial charge in [0.1, 0.15) is 0 Å². The minimum absolute atomic E-state index is 0.525. The summed E-state index contributed by atoms with van der Waals surface area (Å²) in [6, 6.07) is 18.7. The van der Waals surface area contributed by atoms with E-state index in [1.807, 2.05) is 50.2 Å². The summed E-state index contributed by atoms with van der Waals surface area (Å²) in [7, 11) is 0. The van der Waals surface area contributed by atoms with Gasteiger partial charge in [-0.1, -0.05) is 42.5 Å². The van der Waals surface area contributed by atoms with Gasteiger partial charge in [0.05, 0.1) is 11.9 Å². The minimum atomic E-state index is -1.25. The van der Waals surface area contributed by atoms with Crippen molar-refractivity contribution in [3.8, 4) is 5.69 Å². The quantitative estimate of drug-likeness (QED) is 0.478. The summed E-state index contributed by atoms with van der Waals surface area (Å²) in [4.78, 5) is 12.1. The Bertz CT molecular complexity index is 980. The molecule has 0 fully saturated rings. The van der Waals surface area contributed by atoms with Gasteiger partial charge in [-0.05, 0) is 53.5 Å². The number of carbonyl (C=O) groups excluding carboxylic acids is 1. The van der Waals surface area contributed by atoms with Crippen LogP contribution in [0.3, 0.4) is 0 Å². The van der Waals surface area contributed by atoms with Gasteiger partial charge in [-0.25, -0.2) is 5.43 Å². The Hall–Kier alpha value is -2.70. The monoisotopic (exact) mass is 425 g/mol. The largest absolute Gasteiger partial charge is 0.378 e. The molecule has 2 N–H and O–H groups in total.